The number of ether oxygens (including phenoxy) is 2. The van der Waals surface area contributed by atoms with Crippen LogP contribution in [0.4, 0.5) is 0 Å². The summed E-state index contributed by atoms with van der Waals surface area (Å²) in [5.41, 5.74) is 2.40. The molecule has 0 aromatic heterocycles. The topological polar surface area (TPSA) is 38.8 Å². The normalized spacial score (nSPS) is 15.1. The fourth-order valence-corrected chi connectivity index (χ4v) is 4.26. The number of carbonyl (C=O) groups is 1. The summed E-state index contributed by atoms with van der Waals surface area (Å²) in [5, 5.41) is 1.02. The van der Waals surface area contributed by atoms with Crippen LogP contribution < -0.4 is 4.74 Å². The van der Waals surface area contributed by atoms with E-state index >= 15 is 0 Å². The zero-order valence-corrected chi connectivity index (χ0v) is 19.7. The minimum absolute atomic E-state index is 0.0165. The van der Waals surface area contributed by atoms with Gasteiger partial charge < -0.3 is 14.4 Å². The first-order chi connectivity index (χ1) is 15.5. The van der Waals surface area contributed by atoms with E-state index in [4.69, 9.17) is 44.3 Å². The van der Waals surface area contributed by atoms with Crippen molar-refractivity contribution in [3.8, 4) is 5.75 Å². The molecule has 0 radical (unpaired) electrons. The molecule has 7 heteroatoms. The predicted octanol–water partition coefficient (Wildman–Crippen LogP) is 6.74. The predicted molar refractivity (Wildman–Crippen MR) is 128 cm³/mol. The molecule has 32 heavy (non-hydrogen) atoms. The highest BCUT2D eigenvalue weighted by atomic mass is 35.5. The molecule has 1 fully saturated rings. The minimum Gasteiger partial charge on any atom is -0.481 e. The van der Waals surface area contributed by atoms with E-state index in [1.165, 1.54) is 0 Å². The van der Waals surface area contributed by atoms with E-state index in [1.807, 2.05) is 60.7 Å². The molecule has 4 rings (SSSR count). The van der Waals surface area contributed by atoms with Crippen molar-refractivity contribution in [2.24, 2.45) is 0 Å². The molecule has 3 aromatic rings. The van der Waals surface area contributed by atoms with Crippen LogP contribution in [0.25, 0.3) is 0 Å². The van der Waals surface area contributed by atoms with Crippen molar-refractivity contribution in [2.45, 2.75) is 18.6 Å². The standard InChI is InChI=1S/C25H22Cl3NO3/c1-31-24(25(30)29-14-5-15-29)17-8-10-18(11-9-17)32-23(16-6-3-2-4-7-16)19-12-13-20(26)22(28)21(19)27/h2-4,6-13,23-24H,5,14-15H2,1H3/t23?,24-/m0/s1. The Labute approximate surface area is 202 Å². The minimum atomic E-state index is -0.626. The molecule has 1 saturated heterocycles. The Morgan fingerprint density at radius 3 is 2.16 bits per heavy atom. The summed E-state index contributed by atoms with van der Waals surface area (Å²) in [6.07, 6.45) is -0.0864. The summed E-state index contributed by atoms with van der Waals surface area (Å²) in [7, 11) is 1.55. The van der Waals surface area contributed by atoms with Crippen molar-refractivity contribution >= 4 is 40.7 Å². The van der Waals surface area contributed by atoms with E-state index < -0.39 is 12.2 Å². The van der Waals surface area contributed by atoms with Crippen LogP contribution in [-0.4, -0.2) is 31.0 Å². The molecule has 0 spiro atoms. The number of rotatable bonds is 7. The Morgan fingerprint density at radius 1 is 0.875 bits per heavy atom. The highest BCUT2D eigenvalue weighted by Gasteiger charge is 2.29. The van der Waals surface area contributed by atoms with Crippen LogP contribution in [0.2, 0.25) is 15.1 Å². The number of benzene rings is 3. The lowest BCUT2D eigenvalue weighted by Crippen LogP contribution is -2.44. The highest BCUT2D eigenvalue weighted by Crippen LogP contribution is 2.39. The van der Waals surface area contributed by atoms with Gasteiger partial charge in [0, 0.05) is 25.8 Å². The molecule has 166 valence electrons. The Balaban J connectivity index is 1.62. The van der Waals surface area contributed by atoms with Crippen LogP contribution in [0.15, 0.2) is 66.7 Å². The van der Waals surface area contributed by atoms with Crippen molar-refractivity contribution in [2.75, 3.05) is 20.2 Å². The van der Waals surface area contributed by atoms with Crippen molar-refractivity contribution in [1.82, 2.24) is 4.90 Å². The number of nitrogens with zero attached hydrogens (tertiary/aromatic N) is 1. The van der Waals surface area contributed by atoms with E-state index in [9.17, 15) is 4.79 Å². The molecule has 2 atom stereocenters. The van der Waals surface area contributed by atoms with Gasteiger partial charge in [0.1, 0.15) is 5.75 Å². The van der Waals surface area contributed by atoms with Crippen LogP contribution in [0.5, 0.6) is 5.75 Å². The van der Waals surface area contributed by atoms with Gasteiger partial charge >= 0.3 is 0 Å². The highest BCUT2D eigenvalue weighted by molar-refractivity contribution is 6.48. The maximum atomic E-state index is 12.6. The van der Waals surface area contributed by atoms with E-state index in [0.717, 1.165) is 30.6 Å². The van der Waals surface area contributed by atoms with Gasteiger partial charge in [-0.1, -0.05) is 83.3 Å². The average molecular weight is 491 g/mol. The molecule has 3 aromatic carbocycles. The first-order valence-corrected chi connectivity index (χ1v) is 11.4. The molecule has 1 aliphatic rings. The van der Waals surface area contributed by atoms with Gasteiger partial charge in [-0.3, -0.25) is 4.79 Å². The first kappa shape index (κ1) is 22.9. The summed E-state index contributed by atoms with van der Waals surface area (Å²) >= 11 is 18.9. The van der Waals surface area contributed by atoms with Gasteiger partial charge in [-0.15, -0.1) is 0 Å². The summed E-state index contributed by atoms with van der Waals surface area (Å²) in [6.45, 7) is 1.56. The van der Waals surface area contributed by atoms with Gasteiger partial charge in [-0.05, 0) is 35.7 Å². The number of likely N-dealkylation sites (tertiary alicyclic amines) is 1. The van der Waals surface area contributed by atoms with Crippen LogP contribution >= 0.6 is 34.8 Å². The largest absolute Gasteiger partial charge is 0.481 e. The Hall–Kier alpha value is -2.24. The van der Waals surface area contributed by atoms with Gasteiger partial charge in [0.15, 0.2) is 12.2 Å². The molecular weight excluding hydrogens is 469 g/mol. The third kappa shape index (κ3) is 4.74. The van der Waals surface area contributed by atoms with Gasteiger partial charge in [-0.25, -0.2) is 0 Å². The Bertz CT molecular complexity index is 1090. The van der Waals surface area contributed by atoms with Crippen LogP contribution in [0.1, 0.15) is 35.3 Å². The Morgan fingerprint density at radius 2 is 1.56 bits per heavy atom. The molecule has 1 unspecified atom stereocenters. The summed E-state index contributed by atoms with van der Waals surface area (Å²) in [5.74, 6) is 0.605. The molecule has 1 heterocycles. The number of hydrogen-bond acceptors (Lipinski definition) is 3. The number of carbonyl (C=O) groups excluding carboxylic acids is 1. The molecule has 0 aliphatic carbocycles. The maximum Gasteiger partial charge on any atom is 0.256 e. The van der Waals surface area contributed by atoms with E-state index in [1.54, 1.807) is 18.1 Å². The first-order valence-electron chi connectivity index (χ1n) is 10.3. The Kier molecular flexibility index (Phi) is 7.27. The second-order valence-corrected chi connectivity index (χ2v) is 8.70. The number of halogens is 3. The second kappa shape index (κ2) is 10.1. The molecule has 1 amide bonds. The van der Waals surface area contributed by atoms with Gasteiger partial charge in [0.2, 0.25) is 0 Å². The van der Waals surface area contributed by atoms with E-state index in [0.29, 0.717) is 21.4 Å². The fraction of sp³-hybridized carbons (Fsp3) is 0.240. The smallest absolute Gasteiger partial charge is 0.256 e. The van der Waals surface area contributed by atoms with Crippen LogP contribution in [0.3, 0.4) is 0 Å². The van der Waals surface area contributed by atoms with Crippen molar-refractivity contribution in [3.63, 3.8) is 0 Å². The van der Waals surface area contributed by atoms with Crippen molar-refractivity contribution in [1.29, 1.82) is 0 Å². The van der Waals surface area contributed by atoms with E-state index in [-0.39, 0.29) is 10.9 Å². The maximum absolute atomic E-state index is 12.6. The average Bonchev–Trinajstić information content (AvgIpc) is 2.77. The number of hydrogen-bond donors (Lipinski definition) is 0. The molecule has 0 saturated carbocycles. The molecule has 1 aliphatic heterocycles. The van der Waals surface area contributed by atoms with Crippen LogP contribution in [0, 0.1) is 0 Å². The molecular formula is C25H22Cl3NO3. The van der Waals surface area contributed by atoms with Gasteiger partial charge in [0.05, 0.1) is 15.1 Å². The number of amides is 1. The second-order valence-electron chi connectivity index (χ2n) is 7.54. The van der Waals surface area contributed by atoms with Crippen molar-refractivity contribution < 1.29 is 14.3 Å². The monoisotopic (exact) mass is 489 g/mol. The SMILES string of the molecule is CO[C@H](C(=O)N1CCC1)c1ccc(OC(c2ccccc2)c2ccc(Cl)c(Cl)c2Cl)cc1. The summed E-state index contributed by atoms with van der Waals surface area (Å²) in [4.78, 5) is 14.4. The zero-order valence-electron chi connectivity index (χ0n) is 17.4. The fourth-order valence-electron chi connectivity index (χ4n) is 3.62. The third-order valence-corrected chi connectivity index (χ3v) is 6.82. The summed E-state index contributed by atoms with van der Waals surface area (Å²) < 4.78 is 11.8. The third-order valence-electron chi connectivity index (χ3n) is 5.51. The lowest BCUT2D eigenvalue weighted by Gasteiger charge is -2.33. The molecule has 0 N–H and O–H groups in total. The molecule has 0 bridgehead atoms. The zero-order chi connectivity index (χ0) is 22.7. The lowest BCUT2D eigenvalue weighted by atomic mass is 10.0. The van der Waals surface area contributed by atoms with Gasteiger partial charge in [0.25, 0.3) is 5.91 Å². The lowest BCUT2D eigenvalue weighted by molar-refractivity contribution is -0.146. The van der Waals surface area contributed by atoms with E-state index in [2.05, 4.69) is 0 Å². The quantitative estimate of drug-likeness (QED) is 0.344. The molecule has 4 nitrogen and oxygen atoms in total. The summed E-state index contributed by atoms with van der Waals surface area (Å²) in [6, 6.07) is 20.6. The van der Waals surface area contributed by atoms with Gasteiger partial charge in [-0.2, -0.15) is 0 Å². The van der Waals surface area contributed by atoms with Crippen LogP contribution in [-0.2, 0) is 9.53 Å². The van der Waals surface area contributed by atoms with Crippen molar-refractivity contribution in [3.05, 3.63) is 98.5 Å². The number of methoxy groups -OCH3 is 1.